The Kier molecular flexibility index (Phi) is 2.10. The van der Waals surface area contributed by atoms with E-state index < -0.39 is 0 Å². The van der Waals surface area contributed by atoms with Crippen molar-refractivity contribution < 1.29 is 4.74 Å². The van der Waals surface area contributed by atoms with Crippen LogP contribution in [0.4, 0.5) is 5.82 Å². The number of nitrogen functional groups attached to an aromatic ring is 1. The second-order valence-electron chi connectivity index (χ2n) is 2.82. The fraction of sp³-hybridized carbons (Fsp3) is 0.100. The zero-order valence-corrected chi connectivity index (χ0v) is 7.77. The third-order valence-electron chi connectivity index (χ3n) is 1.89. The van der Waals surface area contributed by atoms with Crippen molar-refractivity contribution in [1.82, 2.24) is 9.55 Å². The number of benzene rings is 1. The Bertz CT molecular complexity index is 419. The summed E-state index contributed by atoms with van der Waals surface area (Å²) in [5.74, 6) is 1.21. The van der Waals surface area contributed by atoms with Crippen molar-refractivity contribution in [2.45, 2.75) is 0 Å². The fourth-order valence-corrected chi connectivity index (χ4v) is 1.17. The normalized spacial score (nSPS) is 10.1. The van der Waals surface area contributed by atoms with Crippen LogP contribution in [0.15, 0.2) is 30.7 Å². The standard InChI is InChI=1S/C10H10N3O/c1-14-9-4-2-8(3-5-9)13-6-10(11)12-7-13/h2-4,6-7H,11H2,1H3. The van der Waals surface area contributed by atoms with Gasteiger partial charge in [-0.15, -0.1) is 0 Å². The first kappa shape index (κ1) is 8.62. The van der Waals surface area contributed by atoms with Crippen LogP contribution in [0.3, 0.4) is 0 Å². The Morgan fingerprint density at radius 1 is 1.50 bits per heavy atom. The summed E-state index contributed by atoms with van der Waals surface area (Å²) in [5, 5.41) is 0. The van der Waals surface area contributed by atoms with Gasteiger partial charge in [0, 0.05) is 11.8 Å². The van der Waals surface area contributed by atoms with Gasteiger partial charge in [-0.3, -0.25) is 0 Å². The van der Waals surface area contributed by atoms with Crippen LogP contribution in [-0.4, -0.2) is 16.7 Å². The Labute approximate surface area is 81.9 Å². The van der Waals surface area contributed by atoms with Crippen molar-refractivity contribution in [3.05, 3.63) is 36.8 Å². The fourth-order valence-electron chi connectivity index (χ4n) is 1.17. The highest BCUT2D eigenvalue weighted by Crippen LogP contribution is 2.14. The van der Waals surface area contributed by atoms with Crippen LogP contribution in [0.1, 0.15) is 0 Å². The van der Waals surface area contributed by atoms with Crippen LogP contribution in [0.2, 0.25) is 0 Å². The van der Waals surface area contributed by atoms with Crippen molar-refractivity contribution in [2.24, 2.45) is 0 Å². The zero-order valence-electron chi connectivity index (χ0n) is 7.77. The molecule has 0 unspecified atom stereocenters. The number of hydrogen-bond acceptors (Lipinski definition) is 3. The summed E-state index contributed by atoms with van der Waals surface area (Å²) in [6.07, 6.45) is 3.40. The van der Waals surface area contributed by atoms with Gasteiger partial charge in [-0.1, -0.05) is 0 Å². The first-order valence-electron chi connectivity index (χ1n) is 4.15. The van der Waals surface area contributed by atoms with Crippen LogP contribution >= 0.6 is 0 Å². The van der Waals surface area contributed by atoms with Crippen LogP contribution in [0, 0.1) is 6.07 Å². The molecule has 0 bridgehead atoms. The molecule has 1 aromatic heterocycles. The molecule has 1 aromatic carbocycles. The Balaban J connectivity index is 2.33. The highest BCUT2D eigenvalue weighted by Gasteiger charge is 1.98. The smallest absolute Gasteiger partial charge is 0.141 e. The van der Waals surface area contributed by atoms with Gasteiger partial charge < -0.3 is 15.0 Å². The number of nitrogens with zero attached hydrogens (tertiary/aromatic N) is 2. The highest BCUT2D eigenvalue weighted by molar-refractivity contribution is 5.39. The molecule has 2 rings (SSSR count). The van der Waals surface area contributed by atoms with E-state index in [0.717, 1.165) is 5.69 Å². The van der Waals surface area contributed by atoms with Gasteiger partial charge in [0.25, 0.3) is 0 Å². The van der Waals surface area contributed by atoms with Crippen LogP contribution < -0.4 is 10.5 Å². The topological polar surface area (TPSA) is 53.1 Å². The minimum absolute atomic E-state index is 0.501. The molecule has 0 aliphatic carbocycles. The summed E-state index contributed by atoms with van der Waals surface area (Å²) in [5.41, 5.74) is 6.46. The number of rotatable bonds is 2. The Morgan fingerprint density at radius 3 is 2.86 bits per heavy atom. The molecule has 0 fully saturated rings. The van der Waals surface area contributed by atoms with Gasteiger partial charge in [-0.25, -0.2) is 4.98 Å². The molecule has 2 aromatic rings. The largest absolute Gasteiger partial charge is 0.496 e. The Morgan fingerprint density at radius 2 is 2.36 bits per heavy atom. The zero-order chi connectivity index (χ0) is 9.97. The first-order chi connectivity index (χ1) is 6.79. The molecular formula is C10H10N3O. The van der Waals surface area contributed by atoms with Crippen molar-refractivity contribution in [2.75, 3.05) is 12.8 Å². The van der Waals surface area contributed by atoms with Crippen LogP contribution in [0.25, 0.3) is 5.69 Å². The second kappa shape index (κ2) is 3.41. The van der Waals surface area contributed by atoms with Crippen molar-refractivity contribution in [3.8, 4) is 11.4 Å². The maximum atomic E-state index is 5.51. The van der Waals surface area contributed by atoms with E-state index in [4.69, 9.17) is 10.5 Å². The third kappa shape index (κ3) is 1.54. The minimum atomic E-state index is 0.501. The quantitative estimate of drug-likeness (QED) is 0.772. The molecule has 71 valence electrons. The summed E-state index contributed by atoms with van der Waals surface area (Å²) >= 11 is 0. The molecule has 0 atom stereocenters. The van der Waals surface area contributed by atoms with Crippen molar-refractivity contribution in [3.63, 3.8) is 0 Å². The molecule has 0 aliphatic rings. The Hall–Kier alpha value is -1.97. The van der Waals surface area contributed by atoms with Gasteiger partial charge in [-0.05, 0) is 18.2 Å². The lowest BCUT2D eigenvalue weighted by molar-refractivity contribution is 0.414. The van der Waals surface area contributed by atoms with Gasteiger partial charge >= 0.3 is 0 Å². The number of hydrogen-bond donors (Lipinski definition) is 1. The van der Waals surface area contributed by atoms with Gasteiger partial charge in [-0.2, -0.15) is 0 Å². The van der Waals surface area contributed by atoms with E-state index in [0.29, 0.717) is 11.6 Å². The van der Waals surface area contributed by atoms with Crippen LogP contribution in [0.5, 0.6) is 5.75 Å². The number of nitrogens with two attached hydrogens (primary N) is 1. The van der Waals surface area contributed by atoms with Crippen molar-refractivity contribution >= 4 is 5.82 Å². The van der Waals surface area contributed by atoms with Crippen LogP contribution in [-0.2, 0) is 0 Å². The van der Waals surface area contributed by atoms with Gasteiger partial charge in [0.2, 0.25) is 0 Å². The second-order valence-corrected chi connectivity index (χ2v) is 2.82. The first-order valence-corrected chi connectivity index (χ1v) is 4.15. The number of aromatic nitrogens is 2. The maximum Gasteiger partial charge on any atom is 0.141 e. The SMILES string of the molecule is COc1[c]cc(-n2cnc(N)c2)cc1. The summed E-state index contributed by atoms with van der Waals surface area (Å²) < 4.78 is 6.83. The minimum Gasteiger partial charge on any atom is -0.496 e. The van der Waals surface area contributed by atoms with Gasteiger partial charge in [0.05, 0.1) is 13.3 Å². The molecule has 0 saturated carbocycles. The average Bonchev–Trinajstić information content (AvgIpc) is 2.65. The van der Waals surface area contributed by atoms with Gasteiger partial charge in [0.15, 0.2) is 0 Å². The molecule has 0 spiro atoms. The lowest BCUT2D eigenvalue weighted by Crippen LogP contribution is -1.90. The monoisotopic (exact) mass is 188 g/mol. The summed E-state index contributed by atoms with van der Waals surface area (Å²) in [6, 6.07) is 8.55. The van der Waals surface area contributed by atoms with E-state index in [1.54, 1.807) is 19.6 Å². The van der Waals surface area contributed by atoms with E-state index in [9.17, 15) is 0 Å². The predicted molar refractivity (Wildman–Crippen MR) is 53.4 cm³/mol. The summed E-state index contributed by atoms with van der Waals surface area (Å²) in [4.78, 5) is 3.93. The maximum absolute atomic E-state index is 5.51. The highest BCUT2D eigenvalue weighted by atomic mass is 16.5. The molecule has 1 heterocycles. The lowest BCUT2D eigenvalue weighted by Gasteiger charge is -2.02. The molecule has 1 radical (unpaired) electrons. The van der Waals surface area contributed by atoms with E-state index in [-0.39, 0.29) is 0 Å². The molecule has 0 aliphatic heterocycles. The predicted octanol–water partition coefficient (Wildman–Crippen LogP) is 1.26. The average molecular weight is 188 g/mol. The lowest BCUT2D eigenvalue weighted by atomic mass is 10.3. The molecule has 0 amide bonds. The number of imidazole rings is 1. The molecular weight excluding hydrogens is 178 g/mol. The molecule has 4 heteroatoms. The molecule has 2 N–H and O–H groups in total. The number of ether oxygens (including phenoxy) is 1. The number of anilines is 1. The van der Waals surface area contributed by atoms with Crippen molar-refractivity contribution in [1.29, 1.82) is 0 Å². The molecule has 14 heavy (non-hydrogen) atoms. The van der Waals surface area contributed by atoms with E-state index in [2.05, 4.69) is 11.1 Å². The third-order valence-corrected chi connectivity index (χ3v) is 1.89. The summed E-state index contributed by atoms with van der Waals surface area (Å²) in [6.45, 7) is 0. The molecule has 0 saturated heterocycles. The van der Waals surface area contributed by atoms with E-state index in [1.165, 1.54) is 0 Å². The molecule has 4 nitrogen and oxygen atoms in total. The number of methoxy groups -OCH3 is 1. The van der Waals surface area contributed by atoms with E-state index in [1.807, 2.05) is 22.8 Å². The summed E-state index contributed by atoms with van der Waals surface area (Å²) in [7, 11) is 1.61. The van der Waals surface area contributed by atoms with Gasteiger partial charge in [0.1, 0.15) is 17.9 Å². The van der Waals surface area contributed by atoms with E-state index >= 15 is 0 Å².